The van der Waals surface area contributed by atoms with E-state index in [0.29, 0.717) is 13.1 Å². The maximum absolute atomic E-state index is 13.1. The second-order valence-electron chi connectivity index (χ2n) is 6.80. The van der Waals surface area contributed by atoms with E-state index >= 15 is 0 Å². The van der Waals surface area contributed by atoms with Crippen LogP contribution >= 0.6 is 0 Å². The highest BCUT2D eigenvalue weighted by molar-refractivity contribution is 7.89. The molecule has 1 saturated carbocycles. The van der Waals surface area contributed by atoms with Crippen LogP contribution in [0.5, 0.6) is 0 Å². The van der Waals surface area contributed by atoms with Gasteiger partial charge in [-0.2, -0.15) is 4.31 Å². The van der Waals surface area contributed by atoms with Gasteiger partial charge in [-0.25, -0.2) is 8.42 Å². The molecule has 0 amide bonds. The van der Waals surface area contributed by atoms with Crippen LogP contribution in [-0.2, 0) is 10.0 Å². The third-order valence-electron chi connectivity index (χ3n) is 5.57. The first kappa shape index (κ1) is 17.3. The molecule has 2 aliphatic rings. The van der Waals surface area contributed by atoms with Crippen LogP contribution in [0.25, 0.3) is 0 Å². The van der Waals surface area contributed by atoms with Crippen molar-refractivity contribution in [1.82, 2.24) is 4.31 Å². The molecule has 1 unspecified atom stereocenters. The van der Waals surface area contributed by atoms with E-state index in [-0.39, 0.29) is 22.0 Å². The van der Waals surface area contributed by atoms with Crippen LogP contribution in [0.2, 0.25) is 0 Å². The van der Waals surface area contributed by atoms with Gasteiger partial charge in [0.2, 0.25) is 10.0 Å². The Kier molecular flexibility index (Phi) is 4.63. The van der Waals surface area contributed by atoms with E-state index in [1.54, 1.807) is 4.31 Å². The van der Waals surface area contributed by atoms with Crippen LogP contribution in [0.1, 0.15) is 38.5 Å². The lowest BCUT2D eigenvalue weighted by atomic mass is 9.62. The van der Waals surface area contributed by atoms with Gasteiger partial charge in [-0.05, 0) is 49.8 Å². The minimum absolute atomic E-state index is 0.0646. The van der Waals surface area contributed by atoms with Gasteiger partial charge in [0.1, 0.15) is 0 Å². The minimum atomic E-state index is -3.67. The number of nitrogens with zero attached hydrogens (tertiary/aromatic N) is 2. The Morgan fingerprint density at radius 1 is 1.21 bits per heavy atom. The number of non-ortho nitro benzene ring substituents is 1. The SMILES string of the molecule is NCC1(C2CCCCN2S(=O)(=O)c2ccc([N+](=O)[O-])cc2)CCC1. The van der Waals surface area contributed by atoms with Crippen LogP contribution in [-0.4, -0.2) is 36.8 Å². The summed E-state index contributed by atoms with van der Waals surface area (Å²) in [5.74, 6) is 0. The number of rotatable bonds is 5. The predicted octanol–water partition coefficient (Wildman–Crippen LogP) is 2.27. The number of benzene rings is 1. The Morgan fingerprint density at radius 2 is 1.88 bits per heavy atom. The van der Waals surface area contributed by atoms with Gasteiger partial charge < -0.3 is 5.73 Å². The summed E-state index contributed by atoms with van der Waals surface area (Å²) in [6.07, 6.45) is 5.73. The fourth-order valence-electron chi connectivity index (χ4n) is 3.98. The Hall–Kier alpha value is -1.51. The Labute approximate surface area is 142 Å². The molecular formula is C16H23N3O4S. The fraction of sp³-hybridized carbons (Fsp3) is 0.625. The summed E-state index contributed by atoms with van der Waals surface area (Å²) in [4.78, 5) is 10.4. The maximum Gasteiger partial charge on any atom is 0.269 e. The van der Waals surface area contributed by atoms with E-state index < -0.39 is 14.9 Å². The maximum atomic E-state index is 13.1. The first-order chi connectivity index (χ1) is 11.4. The van der Waals surface area contributed by atoms with Crippen LogP contribution in [0.3, 0.4) is 0 Å². The van der Waals surface area contributed by atoms with Gasteiger partial charge in [0.25, 0.3) is 5.69 Å². The molecule has 0 radical (unpaired) electrons. The van der Waals surface area contributed by atoms with Gasteiger partial charge in [-0.15, -0.1) is 0 Å². The molecule has 8 heteroatoms. The summed E-state index contributed by atoms with van der Waals surface area (Å²) in [5, 5.41) is 10.8. The molecule has 1 aliphatic heterocycles. The first-order valence-corrected chi connectivity index (χ1v) is 9.81. The molecule has 132 valence electrons. The topological polar surface area (TPSA) is 107 Å². The van der Waals surface area contributed by atoms with Crippen molar-refractivity contribution in [2.75, 3.05) is 13.1 Å². The van der Waals surface area contributed by atoms with Crippen molar-refractivity contribution in [2.24, 2.45) is 11.1 Å². The van der Waals surface area contributed by atoms with E-state index in [4.69, 9.17) is 5.73 Å². The van der Waals surface area contributed by atoms with Crippen molar-refractivity contribution < 1.29 is 13.3 Å². The molecule has 1 atom stereocenters. The molecule has 1 saturated heterocycles. The molecule has 0 spiro atoms. The molecule has 24 heavy (non-hydrogen) atoms. The van der Waals surface area contributed by atoms with Gasteiger partial charge in [0.15, 0.2) is 0 Å². The molecule has 0 aromatic heterocycles. The summed E-state index contributed by atoms with van der Waals surface area (Å²) in [6, 6.07) is 5.08. The van der Waals surface area contributed by atoms with E-state index in [1.807, 2.05) is 0 Å². The summed E-state index contributed by atoms with van der Waals surface area (Å²) < 4.78 is 27.8. The average Bonchev–Trinajstić information content (AvgIpc) is 2.55. The highest BCUT2D eigenvalue weighted by Gasteiger charge is 2.49. The van der Waals surface area contributed by atoms with Crippen molar-refractivity contribution in [1.29, 1.82) is 0 Å². The minimum Gasteiger partial charge on any atom is -0.330 e. The standard InChI is InChI=1S/C16H23N3O4S/c17-12-16(9-3-10-16)15-4-1-2-11-18(15)24(22,23)14-7-5-13(6-8-14)19(20)21/h5-8,15H,1-4,9-12,17H2. The molecule has 1 aromatic rings. The molecule has 7 nitrogen and oxygen atoms in total. The molecule has 2 fully saturated rings. The fourth-order valence-corrected chi connectivity index (χ4v) is 5.77. The molecule has 1 aromatic carbocycles. The Bertz CT molecular complexity index is 708. The first-order valence-electron chi connectivity index (χ1n) is 8.37. The van der Waals surface area contributed by atoms with Gasteiger partial charge in [0, 0.05) is 24.7 Å². The molecule has 3 rings (SSSR count). The predicted molar refractivity (Wildman–Crippen MR) is 90.0 cm³/mol. The average molecular weight is 353 g/mol. The zero-order valence-corrected chi connectivity index (χ0v) is 14.4. The monoisotopic (exact) mass is 353 g/mol. The van der Waals surface area contributed by atoms with Crippen LogP contribution < -0.4 is 5.73 Å². The Balaban J connectivity index is 1.92. The zero-order valence-electron chi connectivity index (χ0n) is 13.6. The number of hydrogen-bond acceptors (Lipinski definition) is 5. The zero-order chi connectivity index (χ0) is 17.4. The molecule has 0 bridgehead atoms. The third-order valence-corrected chi connectivity index (χ3v) is 7.49. The molecular weight excluding hydrogens is 330 g/mol. The molecule has 1 heterocycles. The lowest BCUT2D eigenvalue weighted by Crippen LogP contribution is -2.58. The van der Waals surface area contributed by atoms with Crippen LogP contribution in [0.4, 0.5) is 5.69 Å². The van der Waals surface area contributed by atoms with Crippen LogP contribution in [0, 0.1) is 15.5 Å². The summed E-state index contributed by atoms with van der Waals surface area (Å²) >= 11 is 0. The van der Waals surface area contributed by atoms with Gasteiger partial charge >= 0.3 is 0 Å². The van der Waals surface area contributed by atoms with Crippen molar-refractivity contribution in [3.8, 4) is 0 Å². The smallest absolute Gasteiger partial charge is 0.269 e. The number of nitro benzene ring substituents is 1. The number of nitrogens with two attached hydrogens (primary N) is 1. The van der Waals surface area contributed by atoms with Crippen molar-refractivity contribution in [2.45, 2.75) is 49.5 Å². The third kappa shape index (κ3) is 2.82. The van der Waals surface area contributed by atoms with E-state index in [2.05, 4.69) is 0 Å². The summed E-state index contributed by atoms with van der Waals surface area (Å²) in [7, 11) is -3.67. The number of sulfonamides is 1. The second-order valence-corrected chi connectivity index (χ2v) is 8.69. The van der Waals surface area contributed by atoms with Crippen molar-refractivity contribution >= 4 is 15.7 Å². The van der Waals surface area contributed by atoms with E-state index in [1.165, 1.54) is 24.3 Å². The largest absolute Gasteiger partial charge is 0.330 e. The number of nitro groups is 1. The van der Waals surface area contributed by atoms with Gasteiger partial charge in [-0.1, -0.05) is 12.8 Å². The van der Waals surface area contributed by atoms with Gasteiger partial charge in [0.05, 0.1) is 9.82 Å². The highest BCUT2D eigenvalue weighted by Crippen LogP contribution is 2.48. The highest BCUT2D eigenvalue weighted by atomic mass is 32.2. The number of hydrogen-bond donors (Lipinski definition) is 1. The normalized spacial score (nSPS) is 24.3. The molecule has 2 N–H and O–H groups in total. The van der Waals surface area contributed by atoms with E-state index in [9.17, 15) is 18.5 Å². The molecule has 1 aliphatic carbocycles. The van der Waals surface area contributed by atoms with E-state index in [0.717, 1.165) is 38.5 Å². The van der Waals surface area contributed by atoms with Gasteiger partial charge in [-0.3, -0.25) is 10.1 Å². The summed E-state index contributed by atoms with van der Waals surface area (Å²) in [6.45, 7) is 0.996. The van der Waals surface area contributed by atoms with Crippen molar-refractivity contribution in [3.05, 3.63) is 34.4 Å². The lowest BCUT2D eigenvalue weighted by molar-refractivity contribution is -0.384. The summed E-state index contributed by atoms with van der Waals surface area (Å²) in [5.41, 5.74) is 5.79. The quantitative estimate of drug-likeness (QED) is 0.645. The lowest BCUT2D eigenvalue weighted by Gasteiger charge is -2.52. The second kappa shape index (κ2) is 6.42. The Morgan fingerprint density at radius 3 is 2.38 bits per heavy atom. The van der Waals surface area contributed by atoms with Crippen LogP contribution in [0.15, 0.2) is 29.2 Å². The number of piperidine rings is 1. The van der Waals surface area contributed by atoms with Crippen molar-refractivity contribution in [3.63, 3.8) is 0 Å².